The lowest BCUT2D eigenvalue weighted by atomic mass is 10.1. The van der Waals surface area contributed by atoms with Crippen molar-refractivity contribution in [3.05, 3.63) is 30.3 Å². The molecule has 0 aliphatic carbocycles. The Morgan fingerprint density at radius 3 is 2.29 bits per heavy atom. The smallest absolute Gasteiger partial charge is 0.235 e. The molecule has 0 amide bonds. The van der Waals surface area contributed by atoms with Gasteiger partial charge in [-0.05, 0) is 29.7 Å². The summed E-state index contributed by atoms with van der Waals surface area (Å²) in [6.07, 6.45) is 0. The van der Waals surface area contributed by atoms with Gasteiger partial charge in [-0.3, -0.25) is 4.79 Å². The first-order chi connectivity index (χ1) is 6.61. The molecular weight excluding hydrogens is 216 g/mol. The highest BCUT2D eigenvalue weighted by Gasteiger charge is 2.21. The molecule has 0 spiro atoms. The van der Waals surface area contributed by atoms with Gasteiger partial charge >= 0.3 is 0 Å². The maximum atomic E-state index is 11.1. The summed E-state index contributed by atoms with van der Waals surface area (Å²) in [6, 6.07) is 9.84. The molecule has 1 aromatic rings. The molecule has 0 aliphatic rings. The van der Waals surface area contributed by atoms with Crippen LogP contribution in [0, 0.1) is 5.92 Å². The Hall–Kier alpha value is -0.470. The summed E-state index contributed by atoms with van der Waals surface area (Å²) in [6.45, 7) is 4.00. The van der Waals surface area contributed by atoms with Crippen LogP contribution in [0.4, 0.5) is 0 Å². The molecule has 1 rings (SSSR count). The molecule has 0 N–H and O–H groups in total. The molecule has 1 atom stereocenters. The molecular formula is C11H13ClOS. The standard InChI is InChI=1S/C11H13ClOS/c1-8(2)10(11(12)13)14-9-6-4-3-5-7-9/h3-8,10H,1-2H3. The van der Waals surface area contributed by atoms with Gasteiger partial charge in [-0.2, -0.15) is 0 Å². The minimum Gasteiger partial charge on any atom is -0.280 e. The van der Waals surface area contributed by atoms with Crippen LogP contribution in [-0.2, 0) is 4.79 Å². The van der Waals surface area contributed by atoms with Crippen LogP contribution in [0.5, 0.6) is 0 Å². The van der Waals surface area contributed by atoms with E-state index in [1.165, 1.54) is 11.8 Å². The summed E-state index contributed by atoms with van der Waals surface area (Å²) in [4.78, 5) is 12.2. The Bertz CT molecular complexity index is 297. The lowest BCUT2D eigenvalue weighted by Crippen LogP contribution is -2.18. The average Bonchev–Trinajstić information content (AvgIpc) is 2.15. The molecule has 14 heavy (non-hydrogen) atoms. The molecule has 0 fully saturated rings. The SMILES string of the molecule is CC(C)C(Sc1ccccc1)C(=O)Cl. The fourth-order valence-corrected chi connectivity index (χ4v) is 2.45. The molecule has 1 unspecified atom stereocenters. The minimum atomic E-state index is -0.270. The Morgan fingerprint density at radius 1 is 1.29 bits per heavy atom. The van der Waals surface area contributed by atoms with Gasteiger partial charge in [0.25, 0.3) is 0 Å². The van der Waals surface area contributed by atoms with Crippen LogP contribution in [0.15, 0.2) is 35.2 Å². The number of benzene rings is 1. The van der Waals surface area contributed by atoms with Crippen LogP contribution >= 0.6 is 23.4 Å². The number of carbonyl (C=O) groups excluding carboxylic acids is 1. The van der Waals surface area contributed by atoms with E-state index in [1.54, 1.807) is 0 Å². The van der Waals surface area contributed by atoms with E-state index < -0.39 is 0 Å². The van der Waals surface area contributed by atoms with Gasteiger partial charge in [0.2, 0.25) is 5.24 Å². The van der Waals surface area contributed by atoms with Crippen LogP contribution in [0.25, 0.3) is 0 Å². The number of rotatable bonds is 4. The lowest BCUT2D eigenvalue weighted by molar-refractivity contribution is -0.111. The zero-order valence-electron chi connectivity index (χ0n) is 8.24. The number of carbonyl (C=O) groups is 1. The van der Waals surface area contributed by atoms with Gasteiger partial charge in [-0.15, -0.1) is 11.8 Å². The van der Waals surface area contributed by atoms with Crippen molar-refractivity contribution < 1.29 is 4.79 Å². The summed E-state index contributed by atoms with van der Waals surface area (Å²) in [7, 11) is 0. The first-order valence-electron chi connectivity index (χ1n) is 4.52. The normalized spacial score (nSPS) is 12.9. The molecule has 0 saturated carbocycles. The van der Waals surface area contributed by atoms with Gasteiger partial charge < -0.3 is 0 Å². The van der Waals surface area contributed by atoms with Gasteiger partial charge in [-0.25, -0.2) is 0 Å². The highest BCUT2D eigenvalue weighted by Crippen LogP contribution is 2.29. The zero-order chi connectivity index (χ0) is 10.6. The molecule has 0 radical (unpaired) electrons. The van der Waals surface area contributed by atoms with E-state index in [0.29, 0.717) is 0 Å². The third-order valence-electron chi connectivity index (χ3n) is 1.84. The van der Waals surface area contributed by atoms with Crippen molar-refractivity contribution in [1.82, 2.24) is 0 Å². The minimum absolute atomic E-state index is 0.154. The second-order valence-electron chi connectivity index (χ2n) is 3.40. The fourth-order valence-electron chi connectivity index (χ4n) is 1.09. The van der Waals surface area contributed by atoms with Crippen molar-refractivity contribution >= 4 is 28.6 Å². The van der Waals surface area contributed by atoms with E-state index >= 15 is 0 Å². The monoisotopic (exact) mass is 228 g/mol. The molecule has 76 valence electrons. The van der Waals surface area contributed by atoms with Crippen LogP contribution < -0.4 is 0 Å². The van der Waals surface area contributed by atoms with E-state index in [0.717, 1.165) is 4.90 Å². The van der Waals surface area contributed by atoms with Crippen LogP contribution in [0.2, 0.25) is 0 Å². The van der Waals surface area contributed by atoms with Crippen molar-refractivity contribution in [2.24, 2.45) is 5.92 Å². The molecule has 0 bridgehead atoms. The Labute approximate surface area is 93.8 Å². The van der Waals surface area contributed by atoms with Crippen molar-refractivity contribution in [2.75, 3.05) is 0 Å². The number of thioether (sulfide) groups is 1. The Morgan fingerprint density at radius 2 is 1.86 bits per heavy atom. The van der Waals surface area contributed by atoms with Crippen LogP contribution in [0.1, 0.15) is 13.8 Å². The van der Waals surface area contributed by atoms with Crippen molar-refractivity contribution in [3.63, 3.8) is 0 Å². The third kappa shape index (κ3) is 3.35. The quantitative estimate of drug-likeness (QED) is 0.579. The molecule has 0 aromatic heterocycles. The summed E-state index contributed by atoms with van der Waals surface area (Å²) < 4.78 is 0. The molecule has 0 aliphatic heterocycles. The zero-order valence-corrected chi connectivity index (χ0v) is 9.81. The number of hydrogen-bond donors (Lipinski definition) is 0. The van der Waals surface area contributed by atoms with Gasteiger partial charge in [0, 0.05) is 4.90 Å². The second kappa shape index (κ2) is 5.42. The van der Waals surface area contributed by atoms with Crippen molar-refractivity contribution in [1.29, 1.82) is 0 Å². The predicted octanol–water partition coefficient (Wildman–Crippen LogP) is 3.57. The lowest BCUT2D eigenvalue weighted by Gasteiger charge is -2.15. The highest BCUT2D eigenvalue weighted by molar-refractivity contribution is 8.00. The van der Waals surface area contributed by atoms with Gasteiger partial charge in [0.05, 0.1) is 5.25 Å². The molecule has 1 nitrogen and oxygen atoms in total. The maximum Gasteiger partial charge on any atom is 0.235 e. The topological polar surface area (TPSA) is 17.1 Å². The first-order valence-corrected chi connectivity index (χ1v) is 5.78. The first kappa shape index (κ1) is 11.6. The van der Waals surface area contributed by atoms with Crippen molar-refractivity contribution in [2.45, 2.75) is 24.0 Å². The van der Waals surface area contributed by atoms with Gasteiger partial charge in [0.1, 0.15) is 0 Å². The van der Waals surface area contributed by atoms with E-state index in [9.17, 15) is 4.79 Å². The van der Waals surface area contributed by atoms with Crippen LogP contribution in [-0.4, -0.2) is 10.5 Å². The largest absolute Gasteiger partial charge is 0.280 e. The average molecular weight is 229 g/mol. The fraction of sp³-hybridized carbons (Fsp3) is 0.364. The molecule has 0 saturated heterocycles. The van der Waals surface area contributed by atoms with E-state index in [2.05, 4.69) is 0 Å². The van der Waals surface area contributed by atoms with Gasteiger partial charge in [-0.1, -0.05) is 32.0 Å². The Kier molecular flexibility index (Phi) is 4.49. The number of halogens is 1. The van der Waals surface area contributed by atoms with Crippen molar-refractivity contribution in [3.8, 4) is 0 Å². The number of hydrogen-bond acceptors (Lipinski definition) is 2. The second-order valence-corrected chi connectivity index (χ2v) is 4.99. The third-order valence-corrected chi connectivity index (χ3v) is 3.76. The predicted molar refractivity (Wildman–Crippen MR) is 61.8 cm³/mol. The molecule has 0 heterocycles. The van der Waals surface area contributed by atoms with E-state index in [4.69, 9.17) is 11.6 Å². The highest BCUT2D eigenvalue weighted by atomic mass is 35.5. The Balaban J connectivity index is 2.70. The van der Waals surface area contributed by atoms with E-state index in [-0.39, 0.29) is 16.4 Å². The summed E-state index contributed by atoms with van der Waals surface area (Å²) in [5.74, 6) is 0.255. The summed E-state index contributed by atoms with van der Waals surface area (Å²) >= 11 is 7.05. The maximum absolute atomic E-state index is 11.1. The summed E-state index contributed by atoms with van der Waals surface area (Å²) in [5.41, 5.74) is 0. The van der Waals surface area contributed by atoms with Crippen LogP contribution in [0.3, 0.4) is 0 Å². The van der Waals surface area contributed by atoms with E-state index in [1.807, 2.05) is 44.2 Å². The molecule has 3 heteroatoms. The molecule has 1 aromatic carbocycles. The van der Waals surface area contributed by atoms with Gasteiger partial charge in [0.15, 0.2) is 0 Å². The summed E-state index contributed by atoms with van der Waals surface area (Å²) in [5, 5.41) is -0.423.